The second-order valence-corrected chi connectivity index (χ2v) is 12.4. The monoisotopic (exact) mass is 644 g/mol. The number of halogens is 1. The molecule has 14 heteroatoms. The molecule has 0 unspecified atom stereocenters. The number of rotatable bonds is 11. The van der Waals surface area contributed by atoms with Gasteiger partial charge < -0.3 is 18.9 Å². The van der Waals surface area contributed by atoms with Crippen LogP contribution in [-0.2, 0) is 23.7 Å². The number of nitrogens with zero attached hydrogens (tertiary/aromatic N) is 2. The van der Waals surface area contributed by atoms with Crippen molar-refractivity contribution in [3.8, 4) is 0 Å². The Morgan fingerprint density at radius 2 is 1.77 bits per heavy atom. The highest BCUT2D eigenvalue weighted by Crippen LogP contribution is 2.68. The fourth-order valence-corrected chi connectivity index (χ4v) is 8.55. The summed E-state index contributed by atoms with van der Waals surface area (Å²) in [7, 11) is 2.90. The van der Waals surface area contributed by atoms with E-state index >= 15 is 0 Å². The Morgan fingerprint density at radius 1 is 1.11 bits per heavy atom. The Labute approximate surface area is 261 Å². The average molecular weight is 645 g/mol. The first-order chi connectivity index (χ1) is 20.9. The summed E-state index contributed by atoms with van der Waals surface area (Å²) in [5.41, 5.74) is -1.23. The molecule has 2 aliphatic heterocycles. The maximum atomic E-state index is 13.2. The number of benzene rings is 2. The fourth-order valence-electron chi connectivity index (χ4n) is 6.53. The molecule has 12 nitrogen and oxygen atoms in total. The summed E-state index contributed by atoms with van der Waals surface area (Å²) in [6.07, 6.45) is -1.47. The zero-order valence-corrected chi connectivity index (χ0v) is 25.6. The van der Waals surface area contributed by atoms with Gasteiger partial charge in [0, 0.05) is 44.7 Å². The van der Waals surface area contributed by atoms with Gasteiger partial charge in [-0.25, -0.2) is 4.79 Å². The van der Waals surface area contributed by atoms with E-state index in [9.17, 15) is 29.8 Å². The van der Waals surface area contributed by atoms with Crippen LogP contribution in [0, 0.1) is 20.2 Å². The number of thioether (sulfide) groups is 1. The maximum Gasteiger partial charge on any atom is 0.339 e. The fraction of sp³-hybridized carbons (Fsp3) is 0.400. The van der Waals surface area contributed by atoms with Gasteiger partial charge in [-0.2, -0.15) is 0 Å². The number of hydrogen-bond donors (Lipinski definition) is 0. The first-order valence-corrected chi connectivity index (χ1v) is 14.9. The predicted molar refractivity (Wildman–Crippen MR) is 160 cm³/mol. The molecular weight excluding hydrogens is 616 g/mol. The Balaban J connectivity index is 1.57. The summed E-state index contributed by atoms with van der Waals surface area (Å²) < 4.78 is 23.0. The van der Waals surface area contributed by atoms with Gasteiger partial charge in [0.2, 0.25) is 0 Å². The number of carbonyl (C=O) groups is 2. The molecule has 0 N–H and O–H groups in total. The molecule has 2 aromatic rings. The lowest BCUT2D eigenvalue weighted by Crippen LogP contribution is -2.62. The molecule has 44 heavy (non-hydrogen) atoms. The van der Waals surface area contributed by atoms with Gasteiger partial charge in [0.15, 0.2) is 23.3 Å². The van der Waals surface area contributed by atoms with Crippen molar-refractivity contribution in [1.29, 1.82) is 0 Å². The van der Waals surface area contributed by atoms with Crippen LogP contribution in [0.2, 0.25) is 0 Å². The number of alkyl halides is 1. The van der Waals surface area contributed by atoms with Crippen molar-refractivity contribution in [2.45, 2.75) is 59.4 Å². The van der Waals surface area contributed by atoms with E-state index in [0.717, 1.165) is 17.3 Å². The number of carbonyl (C=O) groups excluding carboxylic acids is 2. The molecule has 0 aromatic heterocycles. The van der Waals surface area contributed by atoms with Gasteiger partial charge >= 0.3 is 5.97 Å². The molecule has 2 aromatic carbocycles. The maximum absolute atomic E-state index is 13.2. The van der Waals surface area contributed by atoms with E-state index in [1.807, 2.05) is 0 Å². The van der Waals surface area contributed by atoms with Crippen molar-refractivity contribution in [3.05, 3.63) is 97.6 Å². The van der Waals surface area contributed by atoms with Gasteiger partial charge in [0.05, 0.1) is 25.1 Å². The average Bonchev–Trinajstić information content (AvgIpc) is 3.47. The molecule has 0 spiro atoms. The number of non-ortho nitro benzene ring substituents is 1. The largest absolute Gasteiger partial charge is 0.447 e. The van der Waals surface area contributed by atoms with Gasteiger partial charge in [-0.3, -0.25) is 25.0 Å². The van der Waals surface area contributed by atoms with Crippen LogP contribution in [0.4, 0.5) is 11.4 Å². The van der Waals surface area contributed by atoms with Crippen molar-refractivity contribution < 1.29 is 38.4 Å². The number of methoxy groups -OCH3 is 2. The molecule has 1 saturated heterocycles. The number of nitro groups is 2. The van der Waals surface area contributed by atoms with Crippen molar-refractivity contribution >= 4 is 46.5 Å². The van der Waals surface area contributed by atoms with E-state index in [0.29, 0.717) is 16.0 Å². The van der Waals surface area contributed by atoms with E-state index in [-0.39, 0.29) is 47.9 Å². The first kappa shape index (κ1) is 31.8. The lowest BCUT2D eigenvalue weighted by molar-refractivity contribution is -0.387. The molecule has 3 aliphatic rings. The third kappa shape index (κ3) is 4.65. The van der Waals surface area contributed by atoms with Crippen LogP contribution in [0.1, 0.15) is 36.5 Å². The third-order valence-corrected chi connectivity index (χ3v) is 10.9. The number of para-hydroxylation sites is 1. The number of ketones is 1. The minimum Gasteiger partial charge on any atom is -0.447 e. The second kappa shape index (κ2) is 11.7. The van der Waals surface area contributed by atoms with Gasteiger partial charge in [-0.05, 0) is 54.7 Å². The minimum atomic E-state index is -1.54. The summed E-state index contributed by atoms with van der Waals surface area (Å²) in [6, 6.07) is 11.2. The van der Waals surface area contributed by atoms with Crippen LogP contribution in [0.15, 0.2) is 76.7 Å². The van der Waals surface area contributed by atoms with Crippen LogP contribution < -0.4 is 0 Å². The summed E-state index contributed by atoms with van der Waals surface area (Å²) in [4.78, 5) is 48.6. The second-order valence-electron chi connectivity index (χ2n) is 10.8. The Hall–Kier alpha value is -3.62. The van der Waals surface area contributed by atoms with Crippen molar-refractivity contribution in [2.24, 2.45) is 0 Å². The summed E-state index contributed by atoms with van der Waals surface area (Å²) in [5.74, 6) is -1.24. The van der Waals surface area contributed by atoms with Crippen molar-refractivity contribution in [1.82, 2.24) is 0 Å². The van der Waals surface area contributed by atoms with E-state index in [1.165, 1.54) is 51.5 Å². The highest BCUT2D eigenvalue weighted by atomic mass is 35.5. The van der Waals surface area contributed by atoms with Crippen LogP contribution in [0.5, 0.6) is 0 Å². The first-order valence-electron chi connectivity index (χ1n) is 13.5. The molecule has 1 aliphatic carbocycles. The van der Waals surface area contributed by atoms with Crippen LogP contribution in [0.3, 0.4) is 0 Å². The lowest BCUT2D eigenvalue weighted by Gasteiger charge is -2.50. The van der Waals surface area contributed by atoms with Gasteiger partial charge in [0.25, 0.3) is 11.4 Å². The molecule has 1 fully saturated rings. The zero-order chi connectivity index (χ0) is 32.0. The van der Waals surface area contributed by atoms with Gasteiger partial charge in [0.1, 0.15) is 6.10 Å². The lowest BCUT2D eigenvalue weighted by atomic mass is 9.64. The van der Waals surface area contributed by atoms with E-state index in [1.54, 1.807) is 18.2 Å². The SMILES string of the molecule is C=C1[C@H]2O[C@](C(OC)OC)(C3=C2C[C@@](OC(=O)c2ccc([N+](=O)[O-])cc2)(C(C)=O)CC3)[C@@]1(CCl)Sc1ccccc1[N+](=O)[O-]. The molecule has 0 radical (unpaired) electrons. The van der Waals surface area contributed by atoms with E-state index in [2.05, 4.69) is 6.58 Å². The zero-order valence-electron chi connectivity index (χ0n) is 24.1. The van der Waals surface area contributed by atoms with Crippen LogP contribution in [0.25, 0.3) is 0 Å². The summed E-state index contributed by atoms with van der Waals surface area (Å²) in [5, 5.41) is 22.9. The molecule has 2 bridgehead atoms. The minimum absolute atomic E-state index is 0.00348. The summed E-state index contributed by atoms with van der Waals surface area (Å²) in [6.45, 7) is 5.69. The number of hydrogen-bond acceptors (Lipinski definition) is 11. The Morgan fingerprint density at radius 3 is 2.34 bits per heavy atom. The van der Waals surface area contributed by atoms with Gasteiger partial charge in [-0.15, -0.1) is 23.4 Å². The van der Waals surface area contributed by atoms with Crippen LogP contribution in [-0.4, -0.2) is 70.0 Å². The number of Topliss-reactive ketones (excluding diaryl/α,β-unsaturated/α-hetero) is 1. The summed E-state index contributed by atoms with van der Waals surface area (Å²) >= 11 is 7.92. The molecule has 5 rings (SSSR count). The normalized spacial score (nSPS) is 27.4. The van der Waals surface area contributed by atoms with Crippen molar-refractivity contribution in [3.63, 3.8) is 0 Å². The van der Waals surface area contributed by atoms with E-state index in [4.69, 9.17) is 30.5 Å². The molecule has 4 atom stereocenters. The highest BCUT2D eigenvalue weighted by Gasteiger charge is 2.74. The van der Waals surface area contributed by atoms with Crippen LogP contribution >= 0.6 is 23.4 Å². The Kier molecular flexibility index (Phi) is 8.46. The molecule has 0 amide bonds. The molecule has 232 valence electrons. The quantitative estimate of drug-likeness (QED) is 0.0752. The highest BCUT2D eigenvalue weighted by molar-refractivity contribution is 8.01. The standard InChI is InChI=1S/C30H29ClN2O10S/c1-17-25-21-15-28(18(2)34,43-26(35)19-9-11-20(12-10-19)32(36)37)14-13-22(21)30(42-25,27(40-3)41-4)29(17,16-31)44-24-8-6-5-7-23(24)33(38)39/h5-12,25,27H,1,13-16H2,2-4H3/t25-,28-,29+,30+/m1/s1. The molecule has 2 heterocycles. The number of ether oxygens (including phenoxy) is 4. The number of nitro benzene ring substituents is 2. The number of esters is 1. The smallest absolute Gasteiger partial charge is 0.339 e. The van der Waals surface area contributed by atoms with Gasteiger partial charge in [-0.1, -0.05) is 18.7 Å². The Bertz CT molecular complexity index is 1590. The number of fused-ring (bicyclic) bond motifs is 4. The van der Waals surface area contributed by atoms with E-state index < -0.39 is 44.2 Å². The molecular formula is C30H29ClN2O10S. The topological polar surface area (TPSA) is 157 Å². The molecule has 0 saturated carbocycles. The predicted octanol–water partition coefficient (Wildman–Crippen LogP) is 5.56. The van der Waals surface area contributed by atoms with Crippen molar-refractivity contribution in [2.75, 3.05) is 20.1 Å². The third-order valence-electron chi connectivity index (χ3n) is 8.68.